The number of carbonyl (C=O) groups is 1. The van der Waals surface area contributed by atoms with E-state index >= 15 is 0 Å². The lowest BCUT2D eigenvalue weighted by Crippen LogP contribution is -2.29. The predicted octanol–water partition coefficient (Wildman–Crippen LogP) is 4.09. The van der Waals surface area contributed by atoms with Gasteiger partial charge >= 0.3 is 5.97 Å². The van der Waals surface area contributed by atoms with Crippen molar-refractivity contribution in [2.75, 3.05) is 17.5 Å². The molecule has 6 nitrogen and oxygen atoms in total. The molecule has 0 saturated carbocycles. The van der Waals surface area contributed by atoms with Crippen LogP contribution in [-0.2, 0) is 14.8 Å². The van der Waals surface area contributed by atoms with Gasteiger partial charge < -0.3 is 4.74 Å². The van der Waals surface area contributed by atoms with Gasteiger partial charge in [-0.25, -0.2) is 18.2 Å². The number of aryl methyl sites for hydroxylation is 1. The van der Waals surface area contributed by atoms with Crippen LogP contribution in [0.25, 0.3) is 10.2 Å². The molecule has 1 unspecified atom stereocenters. The Hall–Kier alpha value is -2.45. The number of hydrogen-bond acceptors (Lipinski definition) is 6. The first-order chi connectivity index (χ1) is 13.3. The van der Waals surface area contributed by atoms with Gasteiger partial charge in [0, 0.05) is 24.0 Å². The van der Waals surface area contributed by atoms with E-state index in [1.165, 1.54) is 21.8 Å². The highest BCUT2D eigenvalue weighted by Crippen LogP contribution is 2.40. The summed E-state index contributed by atoms with van der Waals surface area (Å²) in [4.78, 5) is 17.7. The van der Waals surface area contributed by atoms with Crippen LogP contribution in [-0.4, -0.2) is 32.5 Å². The highest BCUT2D eigenvalue weighted by molar-refractivity contribution is 7.92. The fourth-order valence-corrected chi connectivity index (χ4v) is 6.12. The fourth-order valence-electron chi connectivity index (χ4n) is 3.54. The van der Waals surface area contributed by atoms with Crippen molar-refractivity contribution < 1.29 is 17.9 Å². The van der Waals surface area contributed by atoms with E-state index in [9.17, 15) is 13.2 Å². The number of carbonyl (C=O) groups excluding carboxylic acids is 1. The molecule has 1 aromatic carbocycles. The number of esters is 1. The van der Waals surface area contributed by atoms with Gasteiger partial charge in [0.15, 0.2) is 0 Å². The van der Waals surface area contributed by atoms with Crippen LogP contribution < -0.4 is 4.31 Å². The maximum absolute atomic E-state index is 13.3. The maximum Gasteiger partial charge on any atom is 0.348 e. The monoisotopic (exact) mass is 416 g/mol. The van der Waals surface area contributed by atoms with E-state index < -0.39 is 16.0 Å². The number of sulfonamides is 1. The molecule has 146 valence electrons. The quantitative estimate of drug-likeness (QED) is 0.599. The second-order valence-electron chi connectivity index (χ2n) is 6.80. The molecule has 0 bridgehead atoms. The van der Waals surface area contributed by atoms with Gasteiger partial charge in [-0.1, -0.05) is 25.1 Å². The molecule has 1 aliphatic rings. The number of rotatable bonds is 4. The van der Waals surface area contributed by atoms with Crippen LogP contribution in [0.2, 0.25) is 0 Å². The third-order valence-corrected chi connectivity index (χ3v) is 7.93. The highest BCUT2D eigenvalue weighted by Gasteiger charge is 2.35. The van der Waals surface area contributed by atoms with Gasteiger partial charge in [-0.2, -0.15) is 0 Å². The molecule has 3 aromatic rings. The Morgan fingerprint density at radius 1 is 1.36 bits per heavy atom. The lowest BCUT2D eigenvalue weighted by Gasteiger charge is -2.19. The highest BCUT2D eigenvalue weighted by atomic mass is 32.2. The minimum Gasteiger partial charge on any atom is -0.462 e. The maximum atomic E-state index is 13.3. The summed E-state index contributed by atoms with van der Waals surface area (Å²) in [7, 11) is -3.76. The number of nitrogens with zero attached hydrogens (tertiary/aromatic N) is 2. The summed E-state index contributed by atoms with van der Waals surface area (Å²) in [5.74, 6) is -0.282. The Balaban J connectivity index is 1.79. The van der Waals surface area contributed by atoms with Crippen LogP contribution in [0.1, 0.15) is 40.6 Å². The summed E-state index contributed by atoms with van der Waals surface area (Å²) in [6.45, 7) is 6.24. The lowest BCUT2D eigenvalue weighted by atomic mass is 10.0. The zero-order chi connectivity index (χ0) is 20.1. The third kappa shape index (κ3) is 2.87. The number of para-hydroxylation sites is 1. The van der Waals surface area contributed by atoms with E-state index in [-0.39, 0.29) is 17.4 Å². The average molecular weight is 417 g/mol. The molecule has 0 fully saturated rings. The van der Waals surface area contributed by atoms with Crippen LogP contribution in [0, 0.1) is 6.92 Å². The molecule has 8 heteroatoms. The van der Waals surface area contributed by atoms with Crippen molar-refractivity contribution >= 4 is 43.2 Å². The minimum atomic E-state index is -3.76. The van der Waals surface area contributed by atoms with Gasteiger partial charge in [0.2, 0.25) is 0 Å². The van der Waals surface area contributed by atoms with Crippen LogP contribution in [0.15, 0.2) is 41.4 Å². The van der Waals surface area contributed by atoms with Gasteiger partial charge in [0.1, 0.15) is 14.6 Å². The molecular weight excluding hydrogens is 396 g/mol. The van der Waals surface area contributed by atoms with Gasteiger partial charge in [-0.05, 0) is 37.1 Å². The summed E-state index contributed by atoms with van der Waals surface area (Å²) in [5.41, 5.74) is 2.43. The first-order valence-corrected chi connectivity index (χ1v) is 11.3. The van der Waals surface area contributed by atoms with Crippen molar-refractivity contribution in [3.05, 3.63) is 52.5 Å². The van der Waals surface area contributed by atoms with E-state index in [0.717, 1.165) is 5.56 Å². The molecule has 0 radical (unpaired) electrons. The molecule has 0 amide bonds. The van der Waals surface area contributed by atoms with Crippen LogP contribution in [0.4, 0.5) is 5.69 Å². The molecule has 0 saturated heterocycles. The number of pyridine rings is 1. The predicted molar refractivity (Wildman–Crippen MR) is 110 cm³/mol. The average Bonchev–Trinajstić information content (AvgIpc) is 3.20. The number of aromatic nitrogens is 1. The number of anilines is 1. The molecule has 1 aliphatic heterocycles. The van der Waals surface area contributed by atoms with Crippen molar-refractivity contribution in [2.24, 2.45) is 0 Å². The lowest BCUT2D eigenvalue weighted by molar-refractivity contribution is 0.0531. The van der Waals surface area contributed by atoms with Gasteiger partial charge in [0.25, 0.3) is 10.0 Å². The number of thiophene rings is 1. The van der Waals surface area contributed by atoms with Crippen LogP contribution in [0.3, 0.4) is 0 Å². The van der Waals surface area contributed by atoms with Crippen molar-refractivity contribution in [3.8, 4) is 0 Å². The standard InChI is InChI=1S/C20H20N2O4S2/c1-4-26-20(23)18-13(3)16-9-14(10-21-19(16)27-18)28(24,25)22-11-12(2)15-7-5-6-8-17(15)22/h5-10,12H,4,11H2,1-3H3. The molecular formula is C20H20N2O4S2. The van der Waals surface area contributed by atoms with Crippen LogP contribution >= 0.6 is 11.3 Å². The fraction of sp³-hybridized carbons (Fsp3) is 0.300. The molecule has 28 heavy (non-hydrogen) atoms. The molecule has 2 aromatic heterocycles. The Morgan fingerprint density at radius 2 is 2.11 bits per heavy atom. The van der Waals surface area contributed by atoms with Crippen molar-refractivity contribution in [1.29, 1.82) is 0 Å². The molecule has 0 N–H and O–H groups in total. The van der Waals surface area contributed by atoms with Crippen molar-refractivity contribution in [1.82, 2.24) is 4.98 Å². The Morgan fingerprint density at radius 3 is 2.86 bits per heavy atom. The first kappa shape index (κ1) is 18.9. The van der Waals surface area contributed by atoms with Gasteiger partial charge in [0.05, 0.1) is 12.3 Å². The Kier molecular flexibility index (Phi) is 4.63. The van der Waals surface area contributed by atoms with E-state index in [1.807, 2.05) is 31.2 Å². The topological polar surface area (TPSA) is 76.6 Å². The normalized spacial score (nSPS) is 16.4. The molecule has 0 aliphatic carbocycles. The number of fused-ring (bicyclic) bond motifs is 2. The number of ether oxygens (including phenoxy) is 1. The smallest absolute Gasteiger partial charge is 0.348 e. The summed E-state index contributed by atoms with van der Waals surface area (Å²) in [5, 5.41) is 0.662. The number of hydrogen-bond donors (Lipinski definition) is 0. The minimum absolute atomic E-state index is 0.125. The first-order valence-electron chi connectivity index (χ1n) is 9.02. The molecule has 4 rings (SSSR count). The molecule has 1 atom stereocenters. The van der Waals surface area contributed by atoms with Gasteiger partial charge in [-0.15, -0.1) is 11.3 Å². The van der Waals surface area contributed by atoms with E-state index in [1.54, 1.807) is 19.9 Å². The van der Waals surface area contributed by atoms with Crippen LogP contribution in [0.5, 0.6) is 0 Å². The summed E-state index contributed by atoms with van der Waals surface area (Å²) >= 11 is 1.22. The molecule has 3 heterocycles. The summed E-state index contributed by atoms with van der Waals surface area (Å²) < 4.78 is 33.2. The van der Waals surface area contributed by atoms with Gasteiger partial charge in [-0.3, -0.25) is 4.31 Å². The largest absolute Gasteiger partial charge is 0.462 e. The van der Waals surface area contributed by atoms with E-state index in [2.05, 4.69) is 4.98 Å². The number of benzene rings is 1. The van der Waals surface area contributed by atoms with Crippen molar-refractivity contribution in [3.63, 3.8) is 0 Å². The summed E-state index contributed by atoms with van der Waals surface area (Å²) in [6, 6.07) is 9.17. The molecule has 0 spiro atoms. The zero-order valence-electron chi connectivity index (χ0n) is 15.8. The second-order valence-corrected chi connectivity index (χ2v) is 9.66. The second kappa shape index (κ2) is 6.86. The zero-order valence-corrected chi connectivity index (χ0v) is 17.4. The van der Waals surface area contributed by atoms with E-state index in [0.29, 0.717) is 32.9 Å². The van der Waals surface area contributed by atoms with E-state index in [4.69, 9.17) is 4.74 Å². The van der Waals surface area contributed by atoms with Crippen molar-refractivity contribution in [2.45, 2.75) is 31.6 Å². The SMILES string of the molecule is CCOC(=O)c1sc2ncc(S(=O)(=O)N3CC(C)c4ccccc43)cc2c1C. The Bertz CT molecular complexity index is 1180. The third-order valence-electron chi connectivity index (χ3n) is 4.99. The summed E-state index contributed by atoms with van der Waals surface area (Å²) in [6.07, 6.45) is 1.37. The Labute approximate surface area is 167 Å².